The van der Waals surface area contributed by atoms with Crippen molar-refractivity contribution in [2.45, 2.75) is 33.2 Å². The second-order valence-electron chi connectivity index (χ2n) is 5.32. The molecule has 0 aliphatic carbocycles. The number of hydrogen-bond acceptors (Lipinski definition) is 3. The van der Waals surface area contributed by atoms with Gasteiger partial charge in [-0.1, -0.05) is 19.9 Å². The van der Waals surface area contributed by atoms with Crippen molar-refractivity contribution in [3.05, 3.63) is 23.8 Å². The van der Waals surface area contributed by atoms with E-state index in [1.54, 1.807) is 37.3 Å². The van der Waals surface area contributed by atoms with Gasteiger partial charge in [0, 0.05) is 18.8 Å². The summed E-state index contributed by atoms with van der Waals surface area (Å²) in [5.41, 5.74) is 6.81. The number of nitrogens with zero attached hydrogens (tertiary/aromatic N) is 1. The van der Waals surface area contributed by atoms with E-state index in [1.165, 1.54) is 0 Å². The predicted molar refractivity (Wildman–Crippen MR) is 78.4 cm³/mol. The van der Waals surface area contributed by atoms with Gasteiger partial charge in [-0.25, -0.2) is 0 Å². The normalized spacial score (nSPS) is 12.3. The molecule has 0 fully saturated rings. The highest BCUT2D eigenvalue weighted by Gasteiger charge is 2.23. The van der Waals surface area contributed by atoms with Crippen LogP contribution in [0.5, 0.6) is 5.75 Å². The summed E-state index contributed by atoms with van der Waals surface area (Å²) in [5, 5.41) is 0. The molecule has 0 bridgehead atoms. The van der Waals surface area contributed by atoms with Crippen LogP contribution in [0.25, 0.3) is 0 Å². The van der Waals surface area contributed by atoms with Crippen molar-refractivity contribution in [3.8, 4) is 5.75 Å². The molecule has 0 aromatic heterocycles. The Balaban J connectivity index is 3.00. The van der Waals surface area contributed by atoms with Gasteiger partial charge in [0.15, 0.2) is 0 Å². The molecule has 1 rings (SSSR count). The van der Waals surface area contributed by atoms with Gasteiger partial charge in [0.05, 0.1) is 7.11 Å². The zero-order valence-electron chi connectivity index (χ0n) is 12.4. The Labute approximate surface area is 115 Å². The first kappa shape index (κ1) is 15.3. The van der Waals surface area contributed by atoms with Crippen LogP contribution in [0.2, 0.25) is 0 Å². The molecule has 1 aromatic rings. The molecule has 4 heteroatoms. The van der Waals surface area contributed by atoms with Crippen molar-refractivity contribution >= 4 is 11.6 Å². The van der Waals surface area contributed by atoms with Gasteiger partial charge >= 0.3 is 0 Å². The molecular weight excluding hydrogens is 240 g/mol. The first-order chi connectivity index (χ1) is 8.88. The molecule has 1 amide bonds. The minimum absolute atomic E-state index is 0.0944. The maximum atomic E-state index is 12.5. The SMILES string of the molecule is COc1cccc(N)c1C(=O)N(C)C(C)CC(C)C. The fourth-order valence-electron chi connectivity index (χ4n) is 2.16. The third kappa shape index (κ3) is 3.63. The second kappa shape index (κ2) is 6.45. The molecular formula is C15H24N2O2. The summed E-state index contributed by atoms with van der Waals surface area (Å²) in [5.74, 6) is 0.969. The Hall–Kier alpha value is -1.71. The van der Waals surface area contributed by atoms with Gasteiger partial charge in [-0.2, -0.15) is 0 Å². The van der Waals surface area contributed by atoms with Crippen molar-refractivity contribution in [2.75, 3.05) is 19.9 Å². The lowest BCUT2D eigenvalue weighted by atomic mass is 10.0. The van der Waals surface area contributed by atoms with Crippen molar-refractivity contribution in [1.82, 2.24) is 4.90 Å². The van der Waals surface area contributed by atoms with E-state index >= 15 is 0 Å². The quantitative estimate of drug-likeness (QED) is 0.832. The van der Waals surface area contributed by atoms with Crippen molar-refractivity contribution < 1.29 is 9.53 Å². The van der Waals surface area contributed by atoms with Crippen LogP contribution in [0.4, 0.5) is 5.69 Å². The highest BCUT2D eigenvalue weighted by Crippen LogP contribution is 2.26. The summed E-state index contributed by atoms with van der Waals surface area (Å²) in [7, 11) is 3.35. The Kier molecular flexibility index (Phi) is 5.21. The van der Waals surface area contributed by atoms with E-state index in [2.05, 4.69) is 13.8 Å². The number of rotatable bonds is 5. The van der Waals surface area contributed by atoms with Gasteiger partial charge in [0.2, 0.25) is 0 Å². The predicted octanol–water partition coefficient (Wildman–Crippen LogP) is 2.78. The molecule has 0 aliphatic heterocycles. The lowest BCUT2D eigenvalue weighted by molar-refractivity contribution is 0.0726. The number of benzene rings is 1. The first-order valence-electron chi connectivity index (χ1n) is 6.58. The smallest absolute Gasteiger partial charge is 0.259 e. The van der Waals surface area contributed by atoms with E-state index in [4.69, 9.17) is 10.5 Å². The van der Waals surface area contributed by atoms with Crippen LogP contribution in [0.1, 0.15) is 37.6 Å². The van der Waals surface area contributed by atoms with Gasteiger partial charge in [0.25, 0.3) is 5.91 Å². The number of ether oxygens (including phenoxy) is 1. The molecule has 1 aromatic carbocycles. The van der Waals surface area contributed by atoms with Crippen LogP contribution in [-0.4, -0.2) is 31.0 Å². The van der Waals surface area contributed by atoms with Crippen molar-refractivity contribution in [2.24, 2.45) is 5.92 Å². The lowest BCUT2D eigenvalue weighted by Crippen LogP contribution is -2.36. The van der Waals surface area contributed by atoms with Crippen LogP contribution in [0.3, 0.4) is 0 Å². The summed E-state index contributed by atoms with van der Waals surface area (Å²) < 4.78 is 5.23. The minimum Gasteiger partial charge on any atom is -0.496 e. The van der Waals surface area contributed by atoms with Gasteiger partial charge in [-0.15, -0.1) is 0 Å². The fraction of sp³-hybridized carbons (Fsp3) is 0.533. The number of nitrogen functional groups attached to an aromatic ring is 1. The summed E-state index contributed by atoms with van der Waals surface area (Å²) >= 11 is 0. The van der Waals surface area contributed by atoms with Gasteiger partial charge in [-0.05, 0) is 31.4 Å². The zero-order chi connectivity index (χ0) is 14.6. The largest absolute Gasteiger partial charge is 0.496 e. The number of carbonyl (C=O) groups is 1. The Morgan fingerprint density at radius 1 is 1.37 bits per heavy atom. The molecule has 0 spiro atoms. The van der Waals surface area contributed by atoms with Crippen LogP contribution >= 0.6 is 0 Å². The van der Waals surface area contributed by atoms with E-state index in [9.17, 15) is 4.79 Å². The monoisotopic (exact) mass is 264 g/mol. The second-order valence-corrected chi connectivity index (χ2v) is 5.32. The van der Waals surface area contributed by atoms with Gasteiger partial charge in [-0.3, -0.25) is 4.79 Å². The van der Waals surface area contributed by atoms with Crippen LogP contribution < -0.4 is 10.5 Å². The third-order valence-corrected chi connectivity index (χ3v) is 3.29. The molecule has 0 heterocycles. The zero-order valence-corrected chi connectivity index (χ0v) is 12.4. The number of hydrogen-bond donors (Lipinski definition) is 1. The summed E-state index contributed by atoms with van der Waals surface area (Å²) in [6.45, 7) is 6.34. The van der Waals surface area contributed by atoms with E-state index < -0.39 is 0 Å². The minimum atomic E-state index is -0.0944. The average Bonchev–Trinajstić information content (AvgIpc) is 2.35. The standard InChI is InChI=1S/C15H24N2O2/c1-10(2)9-11(3)17(4)15(18)14-12(16)7-6-8-13(14)19-5/h6-8,10-11H,9,16H2,1-5H3. The Morgan fingerprint density at radius 2 is 2.00 bits per heavy atom. The third-order valence-electron chi connectivity index (χ3n) is 3.29. The van der Waals surface area contributed by atoms with E-state index in [0.29, 0.717) is 22.9 Å². The Morgan fingerprint density at radius 3 is 2.53 bits per heavy atom. The van der Waals surface area contributed by atoms with E-state index in [1.807, 2.05) is 6.92 Å². The molecule has 1 atom stereocenters. The van der Waals surface area contributed by atoms with Crippen molar-refractivity contribution in [1.29, 1.82) is 0 Å². The first-order valence-corrected chi connectivity index (χ1v) is 6.58. The van der Waals surface area contributed by atoms with Gasteiger partial charge < -0.3 is 15.4 Å². The summed E-state index contributed by atoms with van der Waals surface area (Å²) in [6.07, 6.45) is 0.956. The van der Waals surface area contributed by atoms with Crippen LogP contribution in [0.15, 0.2) is 18.2 Å². The number of nitrogens with two attached hydrogens (primary N) is 1. The molecule has 0 saturated carbocycles. The average molecular weight is 264 g/mol. The number of carbonyl (C=O) groups excluding carboxylic acids is 1. The molecule has 1 unspecified atom stereocenters. The van der Waals surface area contributed by atoms with Crippen molar-refractivity contribution in [3.63, 3.8) is 0 Å². The molecule has 106 valence electrons. The molecule has 0 aliphatic rings. The number of methoxy groups -OCH3 is 1. The lowest BCUT2D eigenvalue weighted by Gasteiger charge is -2.27. The summed E-state index contributed by atoms with van der Waals surface area (Å²) in [6, 6.07) is 5.42. The summed E-state index contributed by atoms with van der Waals surface area (Å²) in [4.78, 5) is 14.3. The number of amides is 1. The topological polar surface area (TPSA) is 55.6 Å². The fourth-order valence-corrected chi connectivity index (χ4v) is 2.16. The van der Waals surface area contributed by atoms with Gasteiger partial charge in [0.1, 0.15) is 11.3 Å². The molecule has 19 heavy (non-hydrogen) atoms. The Bertz CT molecular complexity index is 444. The maximum absolute atomic E-state index is 12.5. The highest BCUT2D eigenvalue weighted by atomic mass is 16.5. The van der Waals surface area contributed by atoms with E-state index in [-0.39, 0.29) is 11.9 Å². The van der Waals surface area contributed by atoms with Crippen LogP contribution in [-0.2, 0) is 0 Å². The maximum Gasteiger partial charge on any atom is 0.259 e. The van der Waals surface area contributed by atoms with E-state index in [0.717, 1.165) is 6.42 Å². The van der Waals surface area contributed by atoms with Crippen LogP contribution in [0, 0.1) is 5.92 Å². The molecule has 0 saturated heterocycles. The molecule has 0 radical (unpaired) electrons. The molecule has 4 nitrogen and oxygen atoms in total. The molecule has 2 N–H and O–H groups in total. The highest BCUT2D eigenvalue weighted by molar-refractivity contribution is 6.01. The number of anilines is 1.